The van der Waals surface area contributed by atoms with E-state index >= 15 is 0 Å². The van der Waals surface area contributed by atoms with Crippen LogP contribution in [0.15, 0.2) is 4.99 Å². The molecule has 0 aromatic rings. The number of ketones is 1. The molecule has 0 aliphatic carbocycles. The summed E-state index contributed by atoms with van der Waals surface area (Å²) in [6.45, 7) is 7.92. The Hall–Kier alpha value is -0.510. The molecule has 74 valence electrons. The van der Waals surface area contributed by atoms with Crippen LogP contribution in [0, 0.1) is 0 Å². The van der Waals surface area contributed by atoms with E-state index < -0.39 is 5.60 Å². The molecule has 13 heavy (non-hydrogen) atoms. The van der Waals surface area contributed by atoms with Crippen molar-refractivity contribution < 1.29 is 9.53 Å². The van der Waals surface area contributed by atoms with E-state index in [0.29, 0.717) is 17.0 Å². The van der Waals surface area contributed by atoms with Crippen LogP contribution in [-0.4, -0.2) is 28.4 Å². The minimum atomic E-state index is -0.711. The number of ether oxygens (including phenoxy) is 1. The molecule has 1 aliphatic heterocycles. The summed E-state index contributed by atoms with van der Waals surface area (Å²) in [6.07, 6.45) is 0. The summed E-state index contributed by atoms with van der Waals surface area (Å²) in [5.41, 5.74) is -0.711. The highest BCUT2D eigenvalue weighted by atomic mass is 32.2. The smallest absolute Gasteiger partial charge is 0.247 e. The lowest BCUT2D eigenvalue weighted by Gasteiger charge is -2.19. The van der Waals surface area contributed by atoms with Gasteiger partial charge in [0.1, 0.15) is 0 Å². The normalized spacial score (nSPS) is 27.3. The van der Waals surface area contributed by atoms with Gasteiger partial charge in [0.25, 0.3) is 0 Å². The molecular formula is C9H15NO2S. The third kappa shape index (κ3) is 2.46. The van der Waals surface area contributed by atoms with Crippen LogP contribution in [-0.2, 0) is 9.53 Å². The molecule has 0 aromatic heterocycles. The van der Waals surface area contributed by atoms with Crippen molar-refractivity contribution in [1.29, 1.82) is 0 Å². The van der Waals surface area contributed by atoms with Crippen molar-refractivity contribution in [3.8, 4) is 0 Å². The van der Waals surface area contributed by atoms with Gasteiger partial charge in [-0.3, -0.25) is 4.79 Å². The third-order valence-corrected chi connectivity index (χ3v) is 2.79. The number of carbonyl (C=O) groups is 1. The lowest BCUT2D eigenvalue weighted by atomic mass is 10.0. The first-order chi connectivity index (χ1) is 5.94. The van der Waals surface area contributed by atoms with Gasteiger partial charge in [-0.2, -0.15) is 0 Å². The average Bonchev–Trinajstić information content (AvgIpc) is 2.32. The molecule has 0 N–H and O–H groups in total. The van der Waals surface area contributed by atoms with Crippen molar-refractivity contribution in [2.75, 3.05) is 6.54 Å². The van der Waals surface area contributed by atoms with E-state index in [1.165, 1.54) is 0 Å². The van der Waals surface area contributed by atoms with E-state index in [0.717, 1.165) is 0 Å². The van der Waals surface area contributed by atoms with Crippen LogP contribution in [0.5, 0.6) is 0 Å². The number of nitrogens with zero attached hydrogens (tertiary/aromatic N) is 1. The first-order valence-corrected chi connectivity index (χ1v) is 5.23. The van der Waals surface area contributed by atoms with E-state index in [1.54, 1.807) is 25.6 Å². The summed E-state index contributed by atoms with van der Waals surface area (Å²) < 4.78 is 5.48. The number of rotatable bonds is 2. The highest BCUT2D eigenvalue weighted by Gasteiger charge is 2.38. The van der Waals surface area contributed by atoms with Crippen molar-refractivity contribution in [1.82, 2.24) is 0 Å². The minimum absolute atomic E-state index is 0.0376. The Morgan fingerprint density at radius 1 is 1.69 bits per heavy atom. The molecule has 3 nitrogen and oxygen atoms in total. The Labute approximate surface area is 82.9 Å². The number of Topliss-reactive ketones (excluding diaryl/α,β-unsaturated/α-hetero) is 1. The van der Waals surface area contributed by atoms with Crippen LogP contribution < -0.4 is 0 Å². The number of carbonyl (C=O) groups excluding carboxylic acids is 1. The van der Waals surface area contributed by atoms with Gasteiger partial charge in [0, 0.05) is 5.25 Å². The Morgan fingerprint density at radius 2 is 2.31 bits per heavy atom. The second kappa shape index (κ2) is 3.70. The number of thioether (sulfide) groups is 1. The fraction of sp³-hybridized carbons (Fsp3) is 0.778. The highest BCUT2D eigenvalue weighted by Crippen LogP contribution is 2.26. The fourth-order valence-electron chi connectivity index (χ4n) is 0.919. The van der Waals surface area contributed by atoms with E-state index in [-0.39, 0.29) is 5.78 Å². The van der Waals surface area contributed by atoms with Crippen molar-refractivity contribution in [3.63, 3.8) is 0 Å². The first-order valence-electron chi connectivity index (χ1n) is 4.35. The molecule has 1 atom stereocenters. The molecule has 1 unspecified atom stereocenters. The van der Waals surface area contributed by atoms with Gasteiger partial charge in [-0.15, -0.1) is 0 Å². The van der Waals surface area contributed by atoms with Crippen molar-refractivity contribution >= 4 is 22.8 Å². The maximum atomic E-state index is 11.2. The molecule has 0 saturated heterocycles. The van der Waals surface area contributed by atoms with Gasteiger partial charge in [0.2, 0.25) is 5.23 Å². The summed E-state index contributed by atoms with van der Waals surface area (Å²) in [7, 11) is 0. The predicted molar refractivity (Wildman–Crippen MR) is 55.2 cm³/mol. The zero-order valence-corrected chi connectivity index (χ0v) is 9.27. The molecule has 1 aliphatic rings. The third-order valence-electron chi connectivity index (χ3n) is 1.90. The van der Waals surface area contributed by atoms with E-state index in [2.05, 4.69) is 18.8 Å². The largest absolute Gasteiger partial charge is 0.457 e. The summed E-state index contributed by atoms with van der Waals surface area (Å²) in [6, 6.07) is 0. The summed E-state index contributed by atoms with van der Waals surface area (Å²) in [5, 5.41) is 1.08. The SMILES string of the molecule is CC(=O)C1(C)CN=C(SC(C)C)O1. The topological polar surface area (TPSA) is 38.7 Å². The first kappa shape index (κ1) is 10.6. The van der Waals surface area contributed by atoms with Gasteiger partial charge in [0.15, 0.2) is 11.4 Å². The molecule has 1 rings (SSSR count). The number of aliphatic imine (C=N–C) groups is 1. The maximum Gasteiger partial charge on any atom is 0.247 e. The number of hydrogen-bond donors (Lipinski definition) is 0. The predicted octanol–water partition coefficient (Wildman–Crippen LogP) is 1.86. The highest BCUT2D eigenvalue weighted by molar-refractivity contribution is 8.14. The van der Waals surface area contributed by atoms with Gasteiger partial charge in [-0.1, -0.05) is 25.6 Å². The van der Waals surface area contributed by atoms with Crippen molar-refractivity contribution in [3.05, 3.63) is 0 Å². The Balaban J connectivity index is 2.55. The van der Waals surface area contributed by atoms with Crippen molar-refractivity contribution in [2.24, 2.45) is 4.99 Å². The minimum Gasteiger partial charge on any atom is -0.457 e. The van der Waals surface area contributed by atoms with Crippen LogP contribution in [0.2, 0.25) is 0 Å². The Kier molecular flexibility index (Phi) is 3.01. The molecule has 0 spiro atoms. The van der Waals surface area contributed by atoms with Crippen LogP contribution >= 0.6 is 11.8 Å². The molecule has 0 saturated carbocycles. The van der Waals surface area contributed by atoms with E-state index in [4.69, 9.17) is 4.74 Å². The van der Waals surface area contributed by atoms with Crippen LogP contribution in [0.4, 0.5) is 0 Å². The van der Waals surface area contributed by atoms with Crippen LogP contribution in [0.25, 0.3) is 0 Å². The standard InChI is InChI=1S/C9H15NO2S/c1-6(2)13-8-10-5-9(4,12-8)7(3)11/h6H,5H2,1-4H3. The summed E-state index contributed by atoms with van der Waals surface area (Å²) in [5.74, 6) is 0.0376. The lowest BCUT2D eigenvalue weighted by Crippen LogP contribution is -2.36. The average molecular weight is 201 g/mol. The Bertz CT molecular complexity index is 250. The molecule has 0 aromatic carbocycles. The summed E-state index contributed by atoms with van der Waals surface area (Å²) in [4.78, 5) is 15.4. The zero-order valence-electron chi connectivity index (χ0n) is 8.46. The lowest BCUT2D eigenvalue weighted by molar-refractivity contribution is -0.129. The van der Waals surface area contributed by atoms with Crippen LogP contribution in [0.3, 0.4) is 0 Å². The van der Waals surface area contributed by atoms with E-state index in [1.807, 2.05) is 0 Å². The Morgan fingerprint density at radius 3 is 2.69 bits per heavy atom. The van der Waals surface area contributed by atoms with Gasteiger partial charge >= 0.3 is 0 Å². The molecule has 4 heteroatoms. The molecule has 0 fully saturated rings. The second-order valence-electron chi connectivity index (χ2n) is 3.64. The van der Waals surface area contributed by atoms with Crippen molar-refractivity contribution in [2.45, 2.75) is 38.5 Å². The second-order valence-corrected chi connectivity index (χ2v) is 5.17. The monoisotopic (exact) mass is 201 g/mol. The van der Waals surface area contributed by atoms with Gasteiger partial charge in [-0.25, -0.2) is 4.99 Å². The zero-order chi connectivity index (χ0) is 10.1. The maximum absolute atomic E-state index is 11.2. The molecule has 1 heterocycles. The van der Waals surface area contributed by atoms with Gasteiger partial charge in [0.05, 0.1) is 6.54 Å². The molecular weight excluding hydrogens is 186 g/mol. The fourth-order valence-corrected chi connectivity index (χ4v) is 1.69. The molecule has 0 amide bonds. The number of hydrogen-bond acceptors (Lipinski definition) is 4. The quantitative estimate of drug-likeness (QED) is 0.684. The van der Waals surface area contributed by atoms with Gasteiger partial charge < -0.3 is 4.74 Å². The van der Waals surface area contributed by atoms with E-state index in [9.17, 15) is 4.79 Å². The van der Waals surface area contributed by atoms with Crippen LogP contribution in [0.1, 0.15) is 27.7 Å². The summed E-state index contributed by atoms with van der Waals surface area (Å²) >= 11 is 1.56. The van der Waals surface area contributed by atoms with Gasteiger partial charge in [-0.05, 0) is 13.8 Å². The molecule has 0 bridgehead atoms. The molecule has 0 radical (unpaired) electrons.